The molecule has 5 heteroatoms. The van der Waals surface area contributed by atoms with Gasteiger partial charge in [0, 0.05) is 24.0 Å². The smallest absolute Gasteiger partial charge is 0.138 e. The van der Waals surface area contributed by atoms with Gasteiger partial charge in [0.15, 0.2) is 0 Å². The highest BCUT2D eigenvalue weighted by atomic mass is 35.5. The molecular formula is C13H17ClN4. The van der Waals surface area contributed by atoms with Crippen LogP contribution in [-0.2, 0) is 13.0 Å². The molecule has 1 heterocycles. The number of hydrogen-bond acceptors (Lipinski definition) is 3. The van der Waals surface area contributed by atoms with Crippen molar-refractivity contribution in [1.82, 2.24) is 14.8 Å². The molecule has 0 radical (unpaired) electrons. The maximum atomic E-state index is 6.19. The fraction of sp³-hybridized carbons (Fsp3) is 0.385. The molecule has 96 valence electrons. The lowest BCUT2D eigenvalue weighted by atomic mass is 10.0. The Labute approximate surface area is 112 Å². The van der Waals surface area contributed by atoms with Crippen LogP contribution >= 0.6 is 11.6 Å². The normalized spacial score (nSPS) is 12.7. The van der Waals surface area contributed by atoms with E-state index in [1.54, 1.807) is 6.33 Å². The number of benzene rings is 1. The molecule has 0 spiro atoms. The van der Waals surface area contributed by atoms with E-state index >= 15 is 0 Å². The third-order valence-electron chi connectivity index (χ3n) is 3.02. The first-order chi connectivity index (χ1) is 8.61. The molecule has 1 unspecified atom stereocenters. The largest absolute Gasteiger partial charge is 0.324 e. The average Bonchev–Trinajstić information content (AvgIpc) is 2.79. The van der Waals surface area contributed by atoms with Crippen LogP contribution in [0.4, 0.5) is 0 Å². The highest BCUT2D eigenvalue weighted by Gasteiger charge is 2.12. The number of nitrogens with two attached hydrogens (primary N) is 1. The van der Waals surface area contributed by atoms with Gasteiger partial charge in [-0.05, 0) is 31.0 Å². The zero-order chi connectivity index (χ0) is 13.1. The van der Waals surface area contributed by atoms with Crippen LogP contribution in [0, 0.1) is 6.92 Å². The SMILES string of the molecule is CCn1ncnc1CC(N)c1ccc(C)c(Cl)c1. The predicted molar refractivity (Wildman–Crippen MR) is 72.5 cm³/mol. The van der Waals surface area contributed by atoms with Crippen molar-refractivity contribution in [3.8, 4) is 0 Å². The van der Waals surface area contributed by atoms with Crippen LogP contribution in [0.15, 0.2) is 24.5 Å². The zero-order valence-corrected chi connectivity index (χ0v) is 11.4. The molecule has 2 N–H and O–H groups in total. The van der Waals surface area contributed by atoms with Crippen molar-refractivity contribution in [2.24, 2.45) is 5.73 Å². The van der Waals surface area contributed by atoms with E-state index in [9.17, 15) is 0 Å². The third kappa shape index (κ3) is 2.71. The van der Waals surface area contributed by atoms with E-state index in [2.05, 4.69) is 10.1 Å². The van der Waals surface area contributed by atoms with Gasteiger partial charge >= 0.3 is 0 Å². The van der Waals surface area contributed by atoms with Gasteiger partial charge in [0.1, 0.15) is 12.2 Å². The topological polar surface area (TPSA) is 56.7 Å². The van der Waals surface area contributed by atoms with E-state index in [1.165, 1.54) is 0 Å². The Kier molecular flexibility index (Phi) is 3.99. The van der Waals surface area contributed by atoms with Gasteiger partial charge in [-0.2, -0.15) is 5.10 Å². The minimum Gasteiger partial charge on any atom is -0.324 e. The maximum Gasteiger partial charge on any atom is 0.138 e. The van der Waals surface area contributed by atoms with Gasteiger partial charge in [-0.3, -0.25) is 4.68 Å². The van der Waals surface area contributed by atoms with E-state index in [1.807, 2.05) is 36.7 Å². The molecular weight excluding hydrogens is 248 g/mol. The van der Waals surface area contributed by atoms with E-state index < -0.39 is 0 Å². The first-order valence-corrected chi connectivity index (χ1v) is 6.38. The molecule has 18 heavy (non-hydrogen) atoms. The molecule has 0 saturated carbocycles. The number of aryl methyl sites for hydroxylation is 2. The Bertz CT molecular complexity index is 536. The van der Waals surface area contributed by atoms with Gasteiger partial charge < -0.3 is 5.73 Å². The molecule has 0 fully saturated rings. The lowest BCUT2D eigenvalue weighted by Gasteiger charge is -2.13. The third-order valence-corrected chi connectivity index (χ3v) is 3.43. The van der Waals surface area contributed by atoms with E-state index in [0.717, 1.165) is 28.5 Å². The molecule has 1 aromatic carbocycles. The van der Waals surface area contributed by atoms with Crippen molar-refractivity contribution in [3.63, 3.8) is 0 Å². The van der Waals surface area contributed by atoms with Crippen molar-refractivity contribution in [1.29, 1.82) is 0 Å². The summed E-state index contributed by atoms with van der Waals surface area (Å²) in [6.07, 6.45) is 2.22. The molecule has 4 nitrogen and oxygen atoms in total. The molecule has 1 atom stereocenters. The number of halogens is 1. The Morgan fingerprint density at radius 3 is 2.89 bits per heavy atom. The summed E-state index contributed by atoms with van der Waals surface area (Å²) >= 11 is 6.11. The van der Waals surface area contributed by atoms with Gasteiger partial charge in [0.25, 0.3) is 0 Å². The predicted octanol–water partition coefficient (Wildman–Crippen LogP) is 2.50. The number of aromatic nitrogens is 3. The fourth-order valence-electron chi connectivity index (χ4n) is 1.86. The van der Waals surface area contributed by atoms with Crippen LogP contribution in [0.1, 0.15) is 29.9 Å². The lowest BCUT2D eigenvalue weighted by Crippen LogP contribution is -2.17. The Morgan fingerprint density at radius 1 is 1.44 bits per heavy atom. The van der Waals surface area contributed by atoms with Gasteiger partial charge in [0.2, 0.25) is 0 Å². The van der Waals surface area contributed by atoms with Crippen LogP contribution in [-0.4, -0.2) is 14.8 Å². The van der Waals surface area contributed by atoms with Gasteiger partial charge in [0.05, 0.1) is 0 Å². The summed E-state index contributed by atoms with van der Waals surface area (Å²) in [6, 6.07) is 5.81. The summed E-state index contributed by atoms with van der Waals surface area (Å²) < 4.78 is 1.86. The van der Waals surface area contributed by atoms with Crippen LogP contribution in [0.2, 0.25) is 5.02 Å². The number of nitrogens with zero attached hydrogens (tertiary/aromatic N) is 3. The van der Waals surface area contributed by atoms with E-state index in [0.29, 0.717) is 6.42 Å². The average molecular weight is 265 g/mol. The van der Waals surface area contributed by atoms with E-state index in [4.69, 9.17) is 17.3 Å². The molecule has 1 aromatic heterocycles. The fourth-order valence-corrected chi connectivity index (χ4v) is 2.05. The number of hydrogen-bond donors (Lipinski definition) is 1. The van der Waals surface area contributed by atoms with Crippen LogP contribution in [0.5, 0.6) is 0 Å². The summed E-state index contributed by atoms with van der Waals surface area (Å²) in [4.78, 5) is 4.23. The minimum atomic E-state index is -0.113. The van der Waals surface area contributed by atoms with Gasteiger partial charge in [-0.25, -0.2) is 4.98 Å². The summed E-state index contributed by atoms with van der Waals surface area (Å²) in [5.41, 5.74) is 8.27. The second kappa shape index (κ2) is 5.50. The summed E-state index contributed by atoms with van der Waals surface area (Å²) in [7, 11) is 0. The molecule has 0 aliphatic carbocycles. The van der Waals surface area contributed by atoms with E-state index in [-0.39, 0.29) is 6.04 Å². The molecule has 0 amide bonds. The monoisotopic (exact) mass is 264 g/mol. The number of rotatable bonds is 4. The Morgan fingerprint density at radius 2 is 2.22 bits per heavy atom. The maximum absolute atomic E-state index is 6.19. The molecule has 0 aliphatic heterocycles. The first kappa shape index (κ1) is 13.1. The van der Waals surface area contributed by atoms with Crippen LogP contribution in [0.25, 0.3) is 0 Å². The Balaban J connectivity index is 2.16. The summed E-state index contributed by atoms with van der Waals surface area (Å²) in [5, 5.41) is 4.89. The van der Waals surface area contributed by atoms with Gasteiger partial charge in [-0.1, -0.05) is 23.7 Å². The lowest BCUT2D eigenvalue weighted by molar-refractivity contribution is 0.581. The summed E-state index contributed by atoms with van der Waals surface area (Å²) in [6.45, 7) is 4.81. The van der Waals surface area contributed by atoms with Crippen molar-refractivity contribution < 1.29 is 0 Å². The second-order valence-electron chi connectivity index (χ2n) is 4.31. The molecule has 0 bridgehead atoms. The molecule has 2 aromatic rings. The standard InChI is InChI=1S/C13H17ClN4/c1-3-18-13(16-8-17-18)7-12(15)10-5-4-9(2)11(14)6-10/h4-6,8,12H,3,7,15H2,1-2H3. The second-order valence-corrected chi connectivity index (χ2v) is 4.72. The summed E-state index contributed by atoms with van der Waals surface area (Å²) in [5.74, 6) is 0.904. The highest BCUT2D eigenvalue weighted by Crippen LogP contribution is 2.22. The van der Waals surface area contributed by atoms with Crippen LogP contribution in [0.3, 0.4) is 0 Å². The van der Waals surface area contributed by atoms with Crippen molar-refractivity contribution in [2.45, 2.75) is 32.9 Å². The molecule has 2 rings (SSSR count). The highest BCUT2D eigenvalue weighted by molar-refractivity contribution is 6.31. The molecule has 0 saturated heterocycles. The molecule has 0 aliphatic rings. The zero-order valence-electron chi connectivity index (χ0n) is 10.6. The first-order valence-electron chi connectivity index (χ1n) is 6.00. The van der Waals surface area contributed by atoms with Gasteiger partial charge in [-0.15, -0.1) is 0 Å². The minimum absolute atomic E-state index is 0.113. The quantitative estimate of drug-likeness (QED) is 0.923. The van der Waals surface area contributed by atoms with Crippen LogP contribution < -0.4 is 5.73 Å². The van der Waals surface area contributed by atoms with Crippen molar-refractivity contribution in [3.05, 3.63) is 46.5 Å². The van der Waals surface area contributed by atoms with Crippen molar-refractivity contribution >= 4 is 11.6 Å². The Hall–Kier alpha value is -1.39. The van der Waals surface area contributed by atoms with Crippen molar-refractivity contribution in [2.75, 3.05) is 0 Å².